The molecule has 0 aliphatic heterocycles. The number of carbonyl (C=O) groups excluding carboxylic acids is 1. The van der Waals surface area contributed by atoms with Crippen molar-refractivity contribution in [2.24, 2.45) is 5.92 Å². The van der Waals surface area contributed by atoms with Crippen LogP contribution in [-0.2, 0) is 0 Å². The lowest BCUT2D eigenvalue weighted by Crippen LogP contribution is -2.37. The Morgan fingerprint density at radius 3 is 2.93 bits per heavy atom. The highest BCUT2D eigenvalue weighted by atomic mass is 35.5. The number of carbonyl (C=O) groups is 1. The summed E-state index contributed by atoms with van der Waals surface area (Å²) in [5.74, 6) is 0.639. The molecule has 0 bridgehead atoms. The molecular formula is C9H14ClN3O. The van der Waals surface area contributed by atoms with E-state index in [1.165, 1.54) is 0 Å². The summed E-state index contributed by atoms with van der Waals surface area (Å²) < 4.78 is 0. The maximum Gasteiger partial charge on any atom is 0.269 e. The number of hydrogen-bond acceptors (Lipinski definition) is 2. The summed E-state index contributed by atoms with van der Waals surface area (Å²) in [6, 6.07) is 1.69. The fourth-order valence-electron chi connectivity index (χ4n) is 0.943. The quantitative estimate of drug-likeness (QED) is 0.746. The first-order chi connectivity index (χ1) is 6.65. The minimum atomic E-state index is -0.146. The number of halogens is 1. The molecule has 4 nitrogen and oxygen atoms in total. The summed E-state index contributed by atoms with van der Waals surface area (Å²) in [4.78, 5) is 11.5. The van der Waals surface area contributed by atoms with Gasteiger partial charge in [0.15, 0.2) is 0 Å². The monoisotopic (exact) mass is 215 g/mol. The number of amides is 1. The number of aromatic amines is 1. The van der Waals surface area contributed by atoms with Gasteiger partial charge in [-0.3, -0.25) is 9.89 Å². The van der Waals surface area contributed by atoms with Gasteiger partial charge in [-0.25, -0.2) is 0 Å². The maximum absolute atomic E-state index is 11.5. The molecule has 0 spiro atoms. The minimum absolute atomic E-state index is 0.0586. The van der Waals surface area contributed by atoms with Crippen LogP contribution in [0.15, 0.2) is 12.3 Å². The van der Waals surface area contributed by atoms with E-state index in [9.17, 15) is 4.79 Å². The molecule has 0 radical (unpaired) electrons. The molecule has 78 valence electrons. The summed E-state index contributed by atoms with van der Waals surface area (Å²) in [5.41, 5.74) is 0.471. The van der Waals surface area contributed by atoms with Crippen LogP contribution in [0.25, 0.3) is 0 Å². The van der Waals surface area contributed by atoms with Gasteiger partial charge < -0.3 is 5.32 Å². The first kappa shape index (κ1) is 11.0. The molecule has 2 unspecified atom stereocenters. The van der Waals surface area contributed by atoms with E-state index in [1.54, 1.807) is 12.3 Å². The van der Waals surface area contributed by atoms with E-state index >= 15 is 0 Å². The first-order valence-electron chi connectivity index (χ1n) is 4.51. The van der Waals surface area contributed by atoms with Crippen LogP contribution in [0.4, 0.5) is 0 Å². The molecule has 1 amide bonds. The topological polar surface area (TPSA) is 57.8 Å². The van der Waals surface area contributed by atoms with Gasteiger partial charge in [0.1, 0.15) is 5.69 Å². The van der Waals surface area contributed by atoms with Crippen LogP contribution in [0.1, 0.15) is 24.3 Å². The molecular weight excluding hydrogens is 202 g/mol. The van der Waals surface area contributed by atoms with Crippen LogP contribution < -0.4 is 5.32 Å². The predicted octanol–water partition coefficient (Wildman–Crippen LogP) is 1.40. The number of rotatable bonds is 4. The van der Waals surface area contributed by atoms with Crippen molar-refractivity contribution in [2.45, 2.75) is 19.9 Å². The third-order valence-electron chi connectivity index (χ3n) is 2.20. The SMILES string of the molecule is CC(CCl)C(C)NC(=O)c1ccn[nH]1. The molecule has 1 aromatic rings. The Morgan fingerprint density at radius 1 is 1.71 bits per heavy atom. The van der Waals surface area contributed by atoms with Gasteiger partial charge in [-0.15, -0.1) is 11.6 Å². The second kappa shape index (κ2) is 5.00. The van der Waals surface area contributed by atoms with Gasteiger partial charge >= 0.3 is 0 Å². The zero-order valence-electron chi connectivity index (χ0n) is 8.25. The van der Waals surface area contributed by atoms with Crippen LogP contribution in [0.2, 0.25) is 0 Å². The Labute approximate surface area is 88.0 Å². The molecule has 0 saturated heterocycles. The van der Waals surface area contributed by atoms with Crippen LogP contribution in [0.3, 0.4) is 0 Å². The highest BCUT2D eigenvalue weighted by Crippen LogP contribution is 2.05. The molecule has 14 heavy (non-hydrogen) atoms. The molecule has 1 aromatic heterocycles. The number of aromatic nitrogens is 2. The standard InChI is InChI=1S/C9H14ClN3O/c1-6(5-10)7(2)12-9(14)8-3-4-11-13-8/h3-4,6-7H,5H2,1-2H3,(H,11,13)(H,12,14). The molecule has 0 saturated carbocycles. The average molecular weight is 216 g/mol. The number of hydrogen-bond donors (Lipinski definition) is 2. The third kappa shape index (κ3) is 2.73. The molecule has 2 atom stereocenters. The van der Waals surface area contributed by atoms with Crippen molar-refractivity contribution in [1.82, 2.24) is 15.5 Å². The summed E-state index contributed by atoms with van der Waals surface area (Å²) >= 11 is 5.68. The van der Waals surface area contributed by atoms with Gasteiger partial charge in [-0.1, -0.05) is 6.92 Å². The normalized spacial score (nSPS) is 14.8. The number of nitrogens with one attached hydrogen (secondary N) is 2. The molecule has 0 fully saturated rings. The Morgan fingerprint density at radius 2 is 2.43 bits per heavy atom. The van der Waals surface area contributed by atoms with Gasteiger partial charge in [0, 0.05) is 18.1 Å². The van der Waals surface area contributed by atoms with Crippen LogP contribution in [0, 0.1) is 5.92 Å². The van der Waals surface area contributed by atoms with Crippen molar-refractivity contribution in [3.8, 4) is 0 Å². The van der Waals surface area contributed by atoms with Crippen molar-refractivity contribution >= 4 is 17.5 Å². The van der Waals surface area contributed by atoms with Gasteiger partial charge in [-0.05, 0) is 18.9 Å². The summed E-state index contributed by atoms with van der Waals surface area (Å²) in [5, 5.41) is 9.15. The number of nitrogens with zero attached hydrogens (tertiary/aromatic N) is 1. The van der Waals surface area contributed by atoms with Crippen molar-refractivity contribution < 1.29 is 4.79 Å². The molecule has 2 N–H and O–H groups in total. The summed E-state index contributed by atoms with van der Waals surface area (Å²) in [6.07, 6.45) is 1.55. The van der Waals surface area contributed by atoms with Gasteiger partial charge in [0.25, 0.3) is 5.91 Å². The Balaban J connectivity index is 2.49. The Hall–Kier alpha value is -1.03. The average Bonchev–Trinajstić information content (AvgIpc) is 2.69. The highest BCUT2D eigenvalue weighted by molar-refractivity contribution is 6.18. The van der Waals surface area contributed by atoms with Crippen molar-refractivity contribution in [2.75, 3.05) is 5.88 Å². The van der Waals surface area contributed by atoms with Crippen LogP contribution >= 0.6 is 11.6 Å². The summed E-state index contributed by atoms with van der Waals surface area (Å²) in [7, 11) is 0. The molecule has 1 rings (SSSR count). The molecule has 0 aromatic carbocycles. The largest absolute Gasteiger partial charge is 0.348 e. The van der Waals surface area contributed by atoms with E-state index in [4.69, 9.17) is 11.6 Å². The number of alkyl halides is 1. The zero-order chi connectivity index (χ0) is 10.6. The van der Waals surface area contributed by atoms with E-state index in [0.29, 0.717) is 11.6 Å². The molecule has 5 heteroatoms. The molecule has 0 aliphatic rings. The lowest BCUT2D eigenvalue weighted by Gasteiger charge is -2.18. The van der Waals surface area contributed by atoms with Crippen molar-refractivity contribution in [1.29, 1.82) is 0 Å². The second-order valence-electron chi connectivity index (χ2n) is 3.36. The maximum atomic E-state index is 11.5. The lowest BCUT2D eigenvalue weighted by molar-refractivity contribution is 0.0926. The van der Waals surface area contributed by atoms with Crippen molar-refractivity contribution in [3.05, 3.63) is 18.0 Å². The van der Waals surface area contributed by atoms with E-state index in [-0.39, 0.29) is 17.9 Å². The van der Waals surface area contributed by atoms with E-state index in [0.717, 1.165) is 0 Å². The second-order valence-corrected chi connectivity index (χ2v) is 3.67. The van der Waals surface area contributed by atoms with E-state index in [2.05, 4.69) is 15.5 Å². The Bertz CT molecular complexity index is 286. The van der Waals surface area contributed by atoms with Crippen molar-refractivity contribution in [3.63, 3.8) is 0 Å². The third-order valence-corrected chi connectivity index (χ3v) is 2.69. The van der Waals surface area contributed by atoms with Crippen LogP contribution in [-0.4, -0.2) is 28.0 Å². The van der Waals surface area contributed by atoms with Crippen LogP contribution in [0.5, 0.6) is 0 Å². The minimum Gasteiger partial charge on any atom is -0.348 e. The van der Waals surface area contributed by atoms with Gasteiger partial charge in [0.05, 0.1) is 0 Å². The summed E-state index contributed by atoms with van der Waals surface area (Å²) in [6.45, 7) is 3.92. The van der Waals surface area contributed by atoms with Gasteiger partial charge in [0.2, 0.25) is 0 Å². The fraction of sp³-hybridized carbons (Fsp3) is 0.556. The van der Waals surface area contributed by atoms with E-state index in [1.807, 2.05) is 13.8 Å². The van der Waals surface area contributed by atoms with Gasteiger partial charge in [-0.2, -0.15) is 5.10 Å². The highest BCUT2D eigenvalue weighted by Gasteiger charge is 2.15. The number of H-pyrrole nitrogens is 1. The molecule has 0 aliphatic carbocycles. The predicted molar refractivity (Wildman–Crippen MR) is 55.4 cm³/mol. The smallest absolute Gasteiger partial charge is 0.269 e. The zero-order valence-corrected chi connectivity index (χ0v) is 9.01. The molecule has 1 heterocycles. The fourth-order valence-corrected chi connectivity index (χ4v) is 1.21. The lowest BCUT2D eigenvalue weighted by atomic mass is 10.1. The van der Waals surface area contributed by atoms with E-state index < -0.39 is 0 Å². The Kier molecular flexibility index (Phi) is 3.95. The first-order valence-corrected chi connectivity index (χ1v) is 5.04.